The van der Waals surface area contributed by atoms with Crippen LogP contribution < -0.4 is 14.5 Å². The van der Waals surface area contributed by atoms with Crippen molar-refractivity contribution in [3.8, 4) is 12.1 Å². The Labute approximate surface area is 262 Å². The van der Waals surface area contributed by atoms with Gasteiger partial charge in [-0.2, -0.15) is 28.4 Å². The van der Waals surface area contributed by atoms with Crippen molar-refractivity contribution in [2.45, 2.75) is 57.5 Å². The smallest absolute Gasteiger partial charge is 0.418 e. The van der Waals surface area contributed by atoms with Crippen molar-refractivity contribution in [1.82, 2.24) is 19.8 Å². The lowest BCUT2D eigenvalue weighted by atomic mass is 10.0. The van der Waals surface area contributed by atoms with Crippen LogP contribution in [0.25, 0.3) is 0 Å². The second kappa shape index (κ2) is 14.5. The Morgan fingerprint density at radius 3 is 2.76 bits per heavy atom. The summed E-state index contributed by atoms with van der Waals surface area (Å²) in [6.07, 6.45) is -0.693. The number of halogens is 3. The minimum atomic E-state index is -4.49. The van der Waals surface area contributed by atoms with Gasteiger partial charge in [0.15, 0.2) is 0 Å². The summed E-state index contributed by atoms with van der Waals surface area (Å²) in [4.78, 5) is 29.8. The summed E-state index contributed by atoms with van der Waals surface area (Å²) in [5.41, 5.74) is 0.884. The van der Waals surface area contributed by atoms with E-state index in [9.17, 15) is 23.2 Å². The first-order valence-electron chi connectivity index (χ1n) is 15.5. The van der Waals surface area contributed by atoms with Gasteiger partial charge in [0, 0.05) is 57.1 Å². The zero-order valence-corrected chi connectivity index (χ0v) is 25.6. The fraction of sp³-hybridized carbons (Fsp3) is 0.562. The SMILES string of the molecule is C=CC(=O)N1CCN(c2nc(OCCCN3CCO[C@H](CC)C3)nc3c2CCN(c2ccccc2C(F)(F)F)C3)CC1CC#N. The highest BCUT2D eigenvalue weighted by Gasteiger charge is 2.37. The first-order valence-corrected chi connectivity index (χ1v) is 15.5. The van der Waals surface area contributed by atoms with Crippen molar-refractivity contribution >= 4 is 17.4 Å². The van der Waals surface area contributed by atoms with E-state index in [2.05, 4.69) is 24.5 Å². The van der Waals surface area contributed by atoms with Gasteiger partial charge in [0.2, 0.25) is 5.91 Å². The third-order valence-corrected chi connectivity index (χ3v) is 8.67. The van der Waals surface area contributed by atoms with Gasteiger partial charge in [-0.25, -0.2) is 0 Å². The Kier molecular flexibility index (Phi) is 10.5. The molecule has 5 rings (SSSR count). The molecule has 4 heterocycles. The van der Waals surface area contributed by atoms with Crippen LogP contribution in [0.4, 0.5) is 24.7 Å². The van der Waals surface area contributed by atoms with E-state index in [4.69, 9.17) is 19.4 Å². The number of carbonyl (C=O) groups is 1. The molecule has 2 aromatic rings. The molecule has 0 bridgehead atoms. The van der Waals surface area contributed by atoms with Crippen molar-refractivity contribution in [3.05, 3.63) is 53.7 Å². The van der Waals surface area contributed by atoms with Gasteiger partial charge in [0.25, 0.3) is 0 Å². The van der Waals surface area contributed by atoms with E-state index in [1.165, 1.54) is 18.2 Å². The number of piperazine rings is 1. The summed E-state index contributed by atoms with van der Waals surface area (Å²) in [5, 5.41) is 9.47. The number of alkyl halides is 3. The van der Waals surface area contributed by atoms with Crippen LogP contribution in [0.3, 0.4) is 0 Å². The van der Waals surface area contributed by atoms with Crippen LogP contribution in [-0.4, -0.2) is 96.8 Å². The molecule has 3 aliphatic rings. The number of anilines is 2. The van der Waals surface area contributed by atoms with Gasteiger partial charge in [-0.05, 0) is 37.5 Å². The molecule has 242 valence electrons. The van der Waals surface area contributed by atoms with Crippen LogP contribution >= 0.6 is 0 Å². The molecule has 45 heavy (non-hydrogen) atoms. The van der Waals surface area contributed by atoms with Gasteiger partial charge in [0.1, 0.15) is 5.82 Å². The van der Waals surface area contributed by atoms with Crippen LogP contribution in [0.2, 0.25) is 0 Å². The minimum Gasteiger partial charge on any atom is -0.463 e. The molecule has 1 aromatic heterocycles. The lowest BCUT2D eigenvalue weighted by Crippen LogP contribution is -2.55. The number of hydrogen-bond donors (Lipinski definition) is 0. The maximum absolute atomic E-state index is 13.9. The number of morpholine rings is 1. The average Bonchev–Trinajstić information content (AvgIpc) is 3.05. The number of amides is 1. The molecule has 0 radical (unpaired) electrons. The molecule has 1 unspecified atom stereocenters. The van der Waals surface area contributed by atoms with E-state index in [-0.39, 0.29) is 42.7 Å². The van der Waals surface area contributed by atoms with Crippen LogP contribution in [0.5, 0.6) is 6.01 Å². The second-order valence-corrected chi connectivity index (χ2v) is 11.5. The summed E-state index contributed by atoms with van der Waals surface area (Å²) >= 11 is 0. The highest BCUT2D eigenvalue weighted by molar-refractivity contribution is 5.87. The third-order valence-electron chi connectivity index (χ3n) is 8.67. The van der Waals surface area contributed by atoms with Gasteiger partial charge in [-0.1, -0.05) is 25.6 Å². The van der Waals surface area contributed by atoms with Crippen molar-refractivity contribution < 1.29 is 27.4 Å². The molecule has 10 nitrogen and oxygen atoms in total. The van der Waals surface area contributed by atoms with Crippen molar-refractivity contribution in [2.75, 3.05) is 68.8 Å². The number of rotatable bonds is 10. The predicted molar refractivity (Wildman–Crippen MR) is 163 cm³/mol. The Bertz CT molecular complexity index is 1400. The molecule has 1 amide bonds. The Balaban J connectivity index is 1.39. The monoisotopic (exact) mass is 627 g/mol. The zero-order chi connectivity index (χ0) is 32.0. The number of carbonyl (C=O) groups excluding carboxylic acids is 1. The summed E-state index contributed by atoms with van der Waals surface area (Å²) in [7, 11) is 0. The van der Waals surface area contributed by atoms with E-state index in [1.807, 2.05) is 4.90 Å². The number of ether oxygens (including phenoxy) is 2. The maximum atomic E-state index is 13.9. The highest BCUT2D eigenvalue weighted by Crippen LogP contribution is 2.39. The molecule has 0 spiro atoms. The number of nitrogens with zero attached hydrogens (tertiary/aromatic N) is 7. The minimum absolute atomic E-state index is 0.111. The van der Waals surface area contributed by atoms with E-state index < -0.39 is 11.7 Å². The quantitative estimate of drug-likeness (QED) is 0.286. The van der Waals surface area contributed by atoms with Gasteiger partial charge < -0.3 is 24.2 Å². The number of para-hydroxylation sites is 1. The fourth-order valence-electron chi connectivity index (χ4n) is 6.33. The molecular weight excluding hydrogens is 587 g/mol. The van der Waals surface area contributed by atoms with E-state index in [0.717, 1.165) is 44.1 Å². The molecule has 2 fully saturated rings. The molecule has 2 saturated heterocycles. The van der Waals surface area contributed by atoms with Gasteiger partial charge in [-0.15, -0.1) is 0 Å². The first-order chi connectivity index (χ1) is 21.7. The summed E-state index contributed by atoms with van der Waals surface area (Å²) < 4.78 is 53.5. The largest absolute Gasteiger partial charge is 0.463 e. The average molecular weight is 628 g/mol. The lowest BCUT2D eigenvalue weighted by molar-refractivity contribution is -0.137. The van der Waals surface area contributed by atoms with Crippen LogP contribution in [0, 0.1) is 11.3 Å². The Hall–Kier alpha value is -3.89. The number of fused-ring (bicyclic) bond motifs is 1. The van der Waals surface area contributed by atoms with Crippen molar-refractivity contribution in [3.63, 3.8) is 0 Å². The van der Waals surface area contributed by atoms with E-state index >= 15 is 0 Å². The summed E-state index contributed by atoms with van der Waals surface area (Å²) in [6.45, 7) is 11.2. The molecule has 0 N–H and O–H groups in total. The maximum Gasteiger partial charge on any atom is 0.418 e. The highest BCUT2D eigenvalue weighted by atomic mass is 19.4. The van der Waals surface area contributed by atoms with Gasteiger partial charge in [0.05, 0.1) is 55.7 Å². The van der Waals surface area contributed by atoms with Crippen molar-refractivity contribution in [2.24, 2.45) is 0 Å². The van der Waals surface area contributed by atoms with E-state index in [0.29, 0.717) is 57.3 Å². The normalized spacial score (nSPS) is 20.8. The second-order valence-electron chi connectivity index (χ2n) is 11.5. The topological polar surface area (TPSA) is 98.1 Å². The Morgan fingerprint density at radius 2 is 2.00 bits per heavy atom. The first kappa shape index (κ1) is 32.5. The number of benzene rings is 1. The summed E-state index contributed by atoms with van der Waals surface area (Å²) in [5.74, 6) is 0.416. The molecule has 2 atom stereocenters. The van der Waals surface area contributed by atoms with Crippen LogP contribution in [-0.2, 0) is 28.7 Å². The molecule has 1 aromatic carbocycles. The standard InChI is InChI=1S/C32H40F3N7O3/c1-3-24-21-39(17-19-44-24)13-7-18-45-31-37-27-22-40(28-9-6-5-8-26(28)32(33,34)35)14-11-25(27)30(38-31)41-15-16-42(29(43)4-2)23(20-41)10-12-36/h4-6,8-9,23-24H,2-3,7,10-11,13-22H2,1H3/t23?,24-/m1/s1. The fourth-order valence-corrected chi connectivity index (χ4v) is 6.33. The number of nitriles is 1. The Morgan fingerprint density at radius 1 is 1.18 bits per heavy atom. The predicted octanol–water partition coefficient (Wildman–Crippen LogP) is 4.05. The van der Waals surface area contributed by atoms with E-state index in [1.54, 1.807) is 15.9 Å². The lowest BCUT2D eigenvalue weighted by Gasteiger charge is -2.42. The van der Waals surface area contributed by atoms with Gasteiger partial charge in [-0.3, -0.25) is 9.69 Å². The van der Waals surface area contributed by atoms with Crippen LogP contribution in [0.15, 0.2) is 36.9 Å². The summed E-state index contributed by atoms with van der Waals surface area (Å²) in [6, 6.07) is 7.58. The molecular formula is C32H40F3N7O3. The number of hydrogen-bond acceptors (Lipinski definition) is 9. The van der Waals surface area contributed by atoms with Crippen molar-refractivity contribution in [1.29, 1.82) is 5.26 Å². The zero-order valence-electron chi connectivity index (χ0n) is 25.6. The molecule has 13 heteroatoms. The third kappa shape index (κ3) is 7.68. The van der Waals surface area contributed by atoms with Gasteiger partial charge >= 0.3 is 12.2 Å². The molecule has 3 aliphatic heterocycles. The molecule has 0 saturated carbocycles. The molecule has 0 aliphatic carbocycles. The number of aromatic nitrogens is 2. The van der Waals surface area contributed by atoms with Crippen LogP contribution in [0.1, 0.15) is 43.0 Å².